The van der Waals surface area contributed by atoms with Crippen molar-refractivity contribution in [2.45, 2.75) is 77.2 Å². The topological polar surface area (TPSA) is 29.5 Å². The number of ether oxygens (including phenoxy) is 1. The van der Waals surface area contributed by atoms with Gasteiger partial charge in [0.1, 0.15) is 11.4 Å². The van der Waals surface area contributed by atoms with Crippen LogP contribution in [0.25, 0.3) is 0 Å². The molecular weight excluding hydrogens is 267 g/mol. The molecule has 2 rings (SSSR count). The average Bonchev–Trinajstić information content (AvgIpc) is 2.44. The molecule has 1 heterocycles. The highest BCUT2D eigenvalue weighted by Crippen LogP contribution is 2.39. The lowest BCUT2D eigenvalue weighted by Gasteiger charge is -2.36. The van der Waals surface area contributed by atoms with Crippen molar-refractivity contribution < 1.29 is 14.2 Å². The van der Waals surface area contributed by atoms with Gasteiger partial charge in [-0.1, -0.05) is 39.0 Å². The van der Waals surface area contributed by atoms with Crippen LogP contribution < -0.4 is 4.74 Å². The van der Waals surface area contributed by atoms with Crippen LogP contribution in [0.2, 0.25) is 0 Å². The number of phenols is 1. The van der Waals surface area contributed by atoms with Crippen LogP contribution in [-0.2, 0) is 6.42 Å². The van der Waals surface area contributed by atoms with E-state index in [0.717, 1.165) is 37.3 Å². The van der Waals surface area contributed by atoms with E-state index >= 15 is 0 Å². The monoisotopic (exact) mass is 294 g/mol. The van der Waals surface area contributed by atoms with Crippen molar-refractivity contribution in [2.24, 2.45) is 0 Å². The first-order chi connectivity index (χ1) is 10.0. The molecule has 0 aliphatic carbocycles. The molecule has 0 fully saturated rings. The van der Waals surface area contributed by atoms with Crippen LogP contribution in [0, 0.1) is 5.82 Å². The largest absolute Gasteiger partial charge is 0.508 e. The molecule has 0 amide bonds. The molecule has 1 aromatic carbocycles. The van der Waals surface area contributed by atoms with Crippen molar-refractivity contribution in [3.8, 4) is 11.5 Å². The number of hydrogen-bond donors (Lipinski definition) is 1. The number of phenolic OH excluding ortho intramolecular Hbond substituents is 1. The van der Waals surface area contributed by atoms with E-state index in [1.165, 1.54) is 32.1 Å². The molecule has 1 unspecified atom stereocenters. The van der Waals surface area contributed by atoms with Gasteiger partial charge in [0.2, 0.25) is 0 Å². The van der Waals surface area contributed by atoms with Crippen molar-refractivity contribution in [3.63, 3.8) is 0 Å². The normalized spacial score (nSPS) is 20.9. The second-order valence-corrected chi connectivity index (χ2v) is 6.49. The zero-order valence-electron chi connectivity index (χ0n) is 13.3. The predicted molar refractivity (Wildman–Crippen MR) is 83.4 cm³/mol. The van der Waals surface area contributed by atoms with E-state index in [1.54, 1.807) is 6.07 Å². The van der Waals surface area contributed by atoms with Crippen molar-refractivity contribution >= 4 is 0 Å². The van der Waals surface area contributed by atoms with Gasteiger partial charge in [0.15, 0.2) is 11.6 Å². The fourth-order valence-electron chi connectivity index (χ4n) is 3.09. The number of aryl methyl sites for hydroxylation is 1. The van der Waals surface area contributed by atoms with Gasteiger partial charge in [-0.15, -0.1) is 0 Å². The maximum absolute atomic E-state index is 13.9. The minimum Gasteiger partial charge on any atom is -0.508 e. The molecule has 3 heteroatoms. The van der Waals surface area contributed by atoms with Crippen LogP contribution in [0.5, 0.6) is 11.5 Å². The summed E-state index contributed by atoms with van der Waals surface area (Å²) in [6.45, 7) is 4.30. The number of hydrogen-bond acceptors (Lipinski definition) is 2. The molecule has 0 saturated carbocycles. The second kappa shape index (κ2) is 7.15. The van der Waals surface area contributed by atoms with E-state index in [2.05, 4.69) is 13.8 Å². The first-order valence-electron chi connectivity index (χ1n) is 8.24. The number of aromatic hydroxyl groups is 1. The van der Waals surface area contributed by atoms with E-state index in [1.807, 2.05) is 0 Å². The summed E-state index contributed by atoms with van der Waals surface area (Å²) in [6, 6.07) is 2.75. The quantitative estimate of drug-likeness (QED) is 0.685. The molecule has 0 radical (unpaired) electrons. The lowest BCUT2D eigenvalue weighted by atomic mass is 9.88. The van der Waals surface area contributed by atoms with Gasteiger partial charge in [-0.05, 0) is 38.7 Å². The van der Waals surface area contributed by atoms with Gasteiger partial charge < -0.3 is 9.84 Å². The zero-order valence-corrected chi connectivity index (χ0v) is 13.3. The van der Waals surface area contributed by atoms with Crippen LogP contribution in [-0.4, -0.2) is 10.7 Å². The summed E-state index contributed by atoms with van der Waals surface area (Å²) in [4.78, 5) is 0. The highest BCUT2D eigenvalue weighted by atomic mass is 19.1. The molecule has 2 nitrogen and oxygen atoms in total. The van der Waals surface area contributed by atoms with Crippen LogP contribution >= 0.6 is 0 Å². The Hall–Kier alpha value is -1.25. The lowest BCUT2D eigenvalue weighted by Crippen LogP contribution is -2.36. The highest BCUT2D eigenvalue weighted by molar-refractivity contribution is 5.43. The summed E-state index contributed by atoms with van der Waals surface area (Å²) in [5.74, 6) is -0.124. The number of halogens is 1. The SMILES string of the molecule is CCCCCCCCC1(C)CCc2cc(O)cc(F)c2O1. The van der Waals surface area contributed by atoms with Gasteiger partial charge >= 0.3 is 0 Å². The van der Waals surface area contributed by atoms with E-state index < -0.39 is 5.82 Å². The molecule has 0 spiro atoms. The van der Waals surface area contributed by atoms with Gasteiger partial charge in [-0.2, -0.15) is 0 Å². The lowest BCUT2D eigenvalue weighted by molar-refractivity contribution is 0.0485. The first-order valence-corrected chi connectivity index (χ1v) is 8.24. The third-order valence-corrected chi connectivity index (χ3v) is 4.44. The molecule has 1 aliphatic heterocycles. The number of benzene rings is 1. The number of fused-ring (bicyclic) bond motifs is 1. The molecule has 118 valence electrons. The Labute approximate surface area is 127 Å². The maximum atomic E-state index is 13.9. The zero-order chi connectivity index (χ0) is 15.3. The smallest absolute Gasteiger partial charge is 0.169 e. The summed E-state index contributed by atoms with van der Waals surface area (Å²) in [5, 5.41) is 9.45. The van der Waals surface area contributed by atoms with Crippen LogP contribution in [0.3, 0.4) is 0 Å². The molecule has 0 saturated heterocycles. The Morgan fingerprint density at radius 3 is 2.67 bits per heavy atom. The Morgan fingerprint density at radius 1 is 1.19 bits per heavy atom. The van der Waals surface area contributed by atoms with E-state index in [-0.39, 0.29) is 11.4 Å². The van der Waals surface area contributed by atoms with Crippen molar-refractivity contribution in [3.05, 3.63) is 23.5 Å². The molecular formula is C18H27FO2. The molecule has 1 aliphatic rings. The second-order valence-electron chi connectivity index (χ2n) is 6.49. The third kappa shape index (κ3) is 4.36. The van der Waals surface area contributed by atoms with Gasteiger partial charge in [-0.25, -0.2) is 4.39 Å². The Bertz CT molecular complexity index is 473. The Morgan fingerprint density at radius 2 is 1.90 bits per heavy atom. The van der Waals surface area contributed by atoms with Gasteiger partial charge in [0.05, 0.1) is 0 Å². The fourth-order valence-corrected chi connectivity index (χ4v) is 3.09. The predicted octanol–water partition coefficient (Wildman–Crippen LogP) is 5.37. The number of unbranched alkanes of at least 4 members (excludes halogenated alkanes) is 5. The maximum Gasteiger partial charge on any atom is 0.169 e. The molecule has 0 bridgehead atoms. The summed E-state index contributed by atoms with van der Waals surface area (Å²) >= 11 is 0. The standard InChI is InChI=1S/C18H27FO2/c1-3-4-5-6-7-8-10-18(2)11-9-14-12-15(20)13-16(19)17(14)21-18/h12-13,20H,3-11H2,1-2H3. The summed E-state index contributed by atoms with van der Waals surface area (Å²) in [6.07, 6.45) is 10.2. The Balaban J connectivity index is 1.87. The van der Waals surface area contributed by atoms with Crippen molar-refractivity contribution in [1.29, 1.82) is 0 Å². The van der Waals surface area contributed by atoms with E-state index in [4.69, 9.17) is 4.74 Å². The molecule has 1 aromatic rings. The average molecular weight is 294 g/mol. The van der Waals surface area contributed by atoms with Crippen LogP contribution in [0.4, 0.5) is 4.39 Å². The summed E-state index contributed by atoms with van der Waals surface area (Å²) < 4.78 is 19.9. The van der Waals surface area contributed by atoms with Gasteiger partial charge in [0, 0.05) is 11.6 Å². The third-order valence-electron chi connectivity index (χ3n) is 4.44. The number of rotatable bonds is 7. The highest BCUT2D eigenvalue weighted by Gasteiger charge is 2.32. The van der Waals surface area contributed by atoms with Gasteiger partial charge in [0.25, 0.3) is 0 Å². The van der Waals surface area contributed by atoms with Crippen molar-refractivity contribution in [1.82, 2.24) is 0 Å². The summed E-state index contributed by atoms with van der Waals surface area (Å²) in [5.41, 5.74) is 0.517. The van der Waals surface area contributed by atoms with Crippen LogP contribution in [0.1, 0.15) is 70.8 Å². The van der Waals surface area contributed by atoms with Crippen molar-refractivity contribution in [2.75, 3.05) is 0 Å². The molecule has 1 atom stereocenters. The minimum atomic E-state index is -0.445. The van der Waals surface area contributed by atoms with E-state index in [0.29, 0.717) is 5.75 Å². The summed E-state index contributed by atoms with van der Waals surface area (Å²) in [7, 11) is 0. The molecule has 21 heavy (non-hydrogen) atoms. The first kappa shape index (κ1) is 16.1. The molecule has 0 aromatic heterocycles. The molecule has 1 N–H and O–H groups in total. The Kier molecular flexibility index (Phi) is 5.49. The fraction of sp³-hybridized carbons (Fsp3) is 0.667. The minimum absolute atomic E-state index is 0.0191. The van der Waals surface area contributed by atoms with Crippen LogP contribution in [0.15, 0.2) is 12.1 Å². The van der Waals surface area contributed by atoms with E-state index in [9.17, 15) is 9.50 Å². The van der Waals surface area contributed by atoms with Gasteiger partial charge in [-0.3, -0.25) is 0 Å².